The molecule has 0 bridgehead atoms. The van der Waals surface area contributed by atoms with Crippen molar-refractivity contribution < 1.29 is 4.74 Å². The monoisotopic (exact) mass is 259 g/mol. The van der Waals surface area contributed by atoms with E-state index in [0.717, 1.165) is 5.56 Å². The topological polar surface area (TPSA) is 39.4 Å². The normalized spacial score (nSPS) is 10.8. The molecule has 5 heteroatoms. The van der Waals surface area contributed by atoms with Crippen LogP contribution in [0.4, 0.5) is 0 Å². The molecule has 90 valence electrons. The standard InChI is InChI=1S/C13H10ClN3O/c1-18-11-3-2-8-17-13(11)15-12(16-17)9-4-6-10(14)7-5-9/h2-8H,1H3. The van der Waals surface area contributed by atoms with Gasteiger partial charge in [0.05, 0.1) is 7.11 Å². The number of benzene rings is 1. The molecule has 0 aliphatic heterocycles. The molecule has 0 unspecified atom stereocenters. The molecule has 1 aromatic carbocycles. The van der Waals surface area contributed by atoms with Gasteiger partial charge >= 0.3 is 0 Å². The molecule has 0 aliphatic carbocycles. The van der Waals surface area contributed by atoms with E-state index >= 15 is 0 Å². The maximum absolute atomic E-state index is 5.86. The van der Waals surface area contributed by atoms with E-state index in [4.69, 9.17) is 16.3 Å². The Kier molecular flexibility index (Phi) is 2.64. The van der Waals surface area contributed by atoms with Gasteiger partial charge in [-0.2, -0.15) is 0 Å². The van der Waals surface area contributed by atoms with Crippen molar-refractivity contribution in [2.24, 2.45) is 0 Å². The molecular weight excluding hydrogens is 250 g/mol. The maximum atomic E-state index is 5.86. The van der Waals surface area contributed by atoms with Gasteiger partial charge in [-0.1, -0.05) is 11.6 Å². The molecule has 2 aromatic heterocycles. The Morgan fingerprint density at radius 3 is 2.67 bits per heavy atom. The fraction of sp³-hybridized carbons (Fsp3) is 0.0769. The van der Waals surface area contributed by atoms with Crippen molar-refractivity contribution in [2.45, 2.75) is 0 Å². The number of hydrogen-bond acceptors (Lipinski definition) is 3. The second-order valence-electron chi connectivity index (χ2n) is 3.79. The number of ether oxygens (including phenoxy) is 1. The fourth-order valence-corrected chi connectivity index (χ4v) is 1.89. The summed E-state index contributed by atoms with van der Waals surface area (Å²) in [6.07, 6.45) is 1.84. The zero-order valence-electron chi connectivity index (χ0n) is 9.67. The van der Waals surface area contributed by atoms with Crippen LogP contribution >= 0.6 is 11.6 Å². The average molecular weight is 260 g/mol. The summed E-state index contributed by atoms with van der Waals surface area (Å²) in [7, 11) is 1.62. The van der Waals surface area contributed by atoms with Crippen molar-refractivity contribution in [3.8, 4) is 17.1 Å². The molecule has 0 saturated carbocycles. The van der Waals surface area contributed by atoms with Gasteiger partial charge in [0, 0.05) is 16.8 Å². The first-order valence-electron chi connectivity index (χ1n) is 5.43. The van der Waals surface area contributed by atoms with Crippen LogP contribution in [0.1, 0.15) is 0 Å². The first kappa shape index (κ1) is 11.0. The molecule has 0 spiro atoms. The first-order valence-corrected chi connectivity index (χ1v) is 5.81. The number of halogens is 1. The van der Waals surface area contributed by atoms with Crippen LogP contribution in [-0.4, -0.2) is 21.7 Å². The van der Waals surface area contributed by atoms with Crippen LogP contribution in [-0.2, 0) is 0 Å². The summed E-state index contributed by atoms with van der Waals surface area (Å²) in [5.74, 6) is 1.35. The van der Waals surface area contributed by atoms with Crippen LogP contribution in [0.2, 0.25) is 5.02 Å². The van der Waals surface area contributed by atoms with Crippen molar-refractivity contribution in [2.75, 3.05) is 7.11 Å². The van der Waals surface area contributed by atoms with Crippen LogP contribution in [0.3, 0.4) is 0 Å². The van der Waals surface area contributed by atoms with Gasteiger partial charge < -0.3 is 4.74 Å². The second kappa shape index (κ2) is 4.31. The van der Waals surface area contributed by atoms with Gasteiger partial charge in [-0.05, 0) is 36.4 Å². The summed E-state index contributed by atoms with van der Waals surface area (Å²) in [6.45, 7) is 0. The molecule has 3 aromatic rings. The fourth-order valence-electron chi connectivity index (χ4n) is 1.76. The summed E-state index contributed by atoms with van der Waals surface area (Å²) < 4.78 is 6.95. The molecular formula is C13H10ClN3O. The highest BCUT2D eigenvalue weighted by atomic mass is 35.5. The van der Waals surface area contributed by atoms with Crippen molar-refractivity contribution in [1.29, 1.82) is 0 Å². The van der Waals surface area contributed by atoms with E-state index in [9.17, 15) is 0 Å². The zero-order valence-corrected chi connectivity index (χ0v) is 10.4. The van der Waals surface area contributed by atoms with E-state index in [2.05, 4.69) is 10.1 Å². The van der Waals surface area contributed by atoms with Gasteiger partial charge in [-0.15, -0.1) is 5.10 Å². The molecule has 18 heavy (non-hydrogen) atoms. The SMILES string of the molecule is COc1cccn2nc(-c3ccc(Cl)cc3)nc12. The molecule has 0 atom stereocenters. The van der Waals surface area contributed by atoms with Crippen LogP contribution in [0.25, 0.3) is 17.0 Å². The minimum Gasteiger partial charge on any atom is -0.493 e. The molecule has 0 radical (unpaired) electrons. The van der Waals surface area contributed by atoms with Gasteiger partial charge in [-0.25, -0.2) is 9.50 Å². The Balaban J connectivity index is 2.16. The quantitative estimate of drug-likeness (QED) is 0.710. The summed E-state index contributed by atoms with van der Waals surface area (Å²) >= 11 is 5.86. The van der Waals surface area contributed by atoms with Gasteiger partial charge in [0.15, 0.2) is 17.2 Å². The number of hydrogen-bond donors (Lipinski definition) is 0. The minimum atomic E-state index is 0.649. The van der Waals surface area contributed by atoms with Crippen molar-refractivity contribution in [3.63, 3.8) is 0 Å². The number of pyridine rings is 1. The van der Waals surface area contributed by atoms with E-state index in [0.29, 0.717) is 22.2 Å². The smallest absolute Gasteiger partial charge is 0.198 e. The highest BCUT2D eigenvalue weighted by molar-refractivity contribution is 6.30. The predicted molar refractivity (Wildman–Crippen MR) is 70.0 cm³/mol. The van der Waals surface area contributed by atoms with Crippen LogP contribution in [0, 0.1) is 0 Å². The molecule has 2 heterocycles. The second-order valence-corrected chi connectivity index (χ2v) is 4.22. The number of rotatable bonds is 2. The molecule has 4 nitrogen and oxygen atoms in total. The van der Waals surface area contributed by atoms with Gasteiger partial charge in [-0.3, -0.25) is 0 Å². The molecule has 0 fully saturated rings. The number of methoxy groups -OCH3 is 1. The lowest BCUT2D eigenvalue weighted by molar-refractivity contribution is 0.416. The van der Waals surface area contributed by atoms with Gasteiger partial charge in [0.1, 0.15) is 0 Å². The summed E-state index contributed by atoms with van der Waals surface area (Å²) in [5, 5.41) is 5.10. The Labute approximate surface area is 109 Å². The first-order chi connectivity index (χ1) is 8.78. The predicted octanol–water partition coefficient (Wildman–Crippen LogP) is 3.06. The van der Waals surface area contributed by atoms with Crippen molar-refractivity contribution in [3.05, 3.63) is 47.6 Å². The highest BCUT2D eigenvalue weighted by Gasteiger charge is 2.09. The molecule has 3 rings (SSSR count). The molecule has 0 N–H and O–H groups in total. The third-order valence-electron chi connectivity index (χ3n) is 2.65. The van der Waals surface area contributed by atoms with Gasteiger partial charge in [0.2, 0.25) is 0 Å². The van der Waals surface area contributed by atoms with Crippen LogP contribution < -0.4 is 4.74 Å². The van der Waals surface area contributed by atoms with E-state index in [1.54, 1.807) is 11.6 Å². The zero-order chi connectivity index (χ0) is 12.5. The molecule has 0 aliphatic rings. The lowest BCUT2D eigenvalue weighted by Crippen LogP contribution is -1.90. The third kappa shape index (κ3) is 1.80. The van der Waals surface area contributed by atoms with E-state index in [-0.39, 0.29) is 0 Å². The Morgan fingerprint density at radius 1 is 1.17 bits per heavy atom. The summed E-state index contributed by atoms with van der Waals surface area (Å²) in [6, 6.07) is 11.1. The Hall–Kier alpha value is -2.07. The molecule has 0 amide bonds. The highest BCUT2D eigenvalue weighted by Crippen LogP contribution is 2.22. The van der Waals surface area contributed by atoms with Gasteiger partial charge in [0.25, 0.3) is 0 Å². The van der Waals surface area contributed by atoms with E-state index < -0.39 is 0 Å². The average Bonchev–Trinajstić information content (AvgIpc) is 2.83. The van der Waals surface area contributed by atoms with Crippen molar-refractivity contribution in [1.82, 2.24) is 14.6 Å². The lowest BCUT2D eigenvalue weighted by Gasteiger charge is -1.98. The maximum Gasteiger partial charge on any atom is 0.198 e. The van der Waals surface area contributed by atoms with Crippen molar-refractivity contribution >= 4 is 17.2 Å². The Morgan fingerprint density at radius 2 is 1.94 bits per heavy atom. The van der Waals surface area contributed by atoms with E-state index in [1.807, 2.05) is 42.6 Å². The molecule has 0 saturated heterocycles. The van der Waals surface area contributed by atoms with Crippen LogP contribution in [0.5, 0.6) is 5.75 Å². The number of fused-ring (bicyclic) bond motifs is 1. The Bertz CT molecular complexity index is 691. The van der Waals surface area contributed by atoms with Crippen LogP contribution in [0.15, 0.2) is 42.6 Å². The lowest BCUT2D eigenvalue weighted by atomic mass is 10.2. The summed E-state index contributed by atoms with van der Waals surface area (Å²) in [5.41, 5.74) is 1.62. The minimum absolute atomic E-state index is 0.649. The van der Waals surface area contributed by atoms with E-state index in [1.165, 1.54) is 0 Å². The third-order valence-corrected chi connectivity index (χ3v) is 2.90. The number of aromatic nitrogens is 3. The largest absolute Gasteiger partial charge is 0.493 e. The number of nitrogens with zero attached hydrogens (tertiary/aromatic N) is 3. The summed E-state index contributed by atoms with van der Waals surface area (Å²) in [4.78, 5) is 4.47.